The van der Waals surface area contributed by atoms with E-state index < -0.39 is 0 Å². The fraction of sp³-hybridized carbons (Fsp3) is 0.467. The van der Waals surface area contributed by atoms with Gasteiger partial charge in [0.05, 0.1) is 18.8 Å². The van der Waals surface area contributed by atoms with Crippen LogP contribution in [0.25, 0.3) is 10.1 Å². The van der Waals surface area contributed by atoms with Gasteiger partial charge < -0.3 is 9.84 Å². The molecule has 0 spiro atoms. The summed E-state index contributed by atoms with van der Waals surface area (Å²) in [7, 11) is 0. The minimum Gasteiger partial charge on any atom is -0.393 e. The smallest absolute Gasteiger partial charge is 0.0734 e. The van der Waals surface area contributed by atoms with Gasteiger partial charge in [0.25, 0.3) is 0 Å². The van der Waals surface area contributed by atoms with Crippen molar-refractivity contribution >= 4 is 21.4 Å². The molecule has 0 unspecified atom stereocenters. The molecule has 1 aliphatic rings. The van der Waals surface area contributed by atoms with Gasteiger partial charge in [-0.25, -0.2) is 0 Å². The number of hydrogen-bond donors (Lipinski definition) is 1. The average Bonchev–Trinajstić information content (AvgIpc) is 2.82. The molecule has 96 valence electrons. The van der Waals surface area contributed by atoms with Crippen molar-refractivity contribution in [1.29, 1.82) is 0 Å². The lowest BCUT2D eigenvalue weighted by atomic mass is 9.95. The fourth-order valence-electron chi connectivity index (χ4n) is 2.56. The quantitative estimate of drug-likeness (QED) is 0.913. The van der Waals surface area contributed by atoms with Crippen LogP contribution in [0.2, 0.25) is 0 Å². The second kappa shape index (κ2) is 5.39. The molecule has 2 nitrogen and oxygen atoms in total. The van der Waals surface area contributed by atoms with Crippen LogP contribution in [0, 0.1) is 0 Å². The third-order valence-corrected chi connectivity index (χ3v) is 4.69. The molecule has 1 fully saturated rings. The summed E-state index contributed by atoms with van der Waals surface area (Å²) in [6.07, 6.45) is 3.97. The van der Waals surface area contributed by atoms with E-state index in [0.29, 0.717) is 12.7 Å². The zero-order valence-corrected chi connectivity index (χ0v) is 11.2. The van der Waals surface area contributed by atoms with Gasteiger partial charge in [0.15, 0.2) is 0 Å². The third-order valence-electron chi connectivity index (χ3n) is 3.68. The van der Waals surface area contributed by atoms with E-state index in [1.807, 2.05) is 0 Å². The van der Waals surface area contributed by atoms with Crippen LogP contribution in [0.4, 0.5) is 0 Å². The summed E-state index contributed by atoms with van der Waals surface area (Å²) in [4.78, 5) is 0. The second-order valence-electron chi connectivity index (χ2n) is 5.00. The van der Waals surface area contributed by atoms with E-state index in [9.17, 15) is 5.11 Å². The number of aliphatic hydroxyl groups excluding tert-OH is 1. The van der Waals surface area contributed by atoms with E-state index in [-0.39, 0.29) is 6.10 Å². The summed E-state index contributed by atoms with van der Waals surface area (Å²) < 4.78 is 7.31. The van der Waals surface area contributed by atoms with Crippen molar-refractivity contribution in [3.05, 3.63) is 35.2 Å². The van der Waals surface area contributed by atoms with Gasteiger partial charge in [0.1, 0.15) is 0 Å². The largest absolute Gasteiger partial charge is 0.393 e. The second-order valence-corrected chi connectivity index (χ2v) is 5.91. The molecular formula is C15H18O2S. The topological polar surface area (TPSA) is 29.5 Å². The van der Waals surface area contributed by atoms with Gasteiger partial charge >= 0.3 is 0 Å². The highest BCUT2D eigenvalue weighted by Crippen LogP contribution is 2.28. The Hall–Kier alpha value is -0.900. The fourth-order valence-corrected chi connectivity index (χ4v) is 3.51. The molecule has 0 bridgehead atoms. The van der Waals surface area contributed by atoms with Crippen LogP contribution < -0.4 is 0 Å². The Morgan fingerprint density at radius 3 is 2.78 bits per heavy atom. The van der Waals surface area contributed by atoms with Crippen LogP contribution in [0.15, 0.2) is 29.6 Å². The van der Waals surface area contributed by atoms with Gasteiger partial charge in [-0.3, -0.25) is 0 Å². The monoisotopic (exact) mass is 262 g/mol. The lowest BCUT2D eigenvalue weighted by Gasteiger charge is -2.25. The lowest BCUT2D eigenvalue weighted by molar-refractivity contribution is -0.0113. The Bertz CT molecular complexity index is 512. The molecule has 1 heterocycles. The van der Waals surface area contributed by atoms with Crippen LogP contribution in [0.3, 0.4) is 0 Å². The maximum atomic E-state index is 9.47. The maximum Gasteiger partial charge on any atom is 0.0734 e. The number of rotatable bonds is 3. The van der Waals surface area contributed by atoms with E-state index in [4.69, 9.17) is 4.74 Å². The van der Waals surface area contributed by atoms with Crippen molar-refractivity contribution in [1.82, 2.24) is 0 Å². The van der Waals surface area contributed by atoms with Crippen molar-refractivity contribution in [2.45, 2.75) is 44.5 Å². The predicted molar refractivity (Wildman–Crippen MR) is 74.9 cm³/mol. The molecule has 2 aromatic rings. The summed E-state index contributed by atoms with van der Waals surface area (Å²) in [6.45, 7) is 0.699. The van der Waals surface area contributed by atoms with Gasteiger partial charge in [0, 0.05) is 4.70 Å². The molecule has 18 heavy (non-hydrogen) atoms. The minimum absolute atomic E-state index is 0.105. The first-order chi connectivity index (χ1) is 8.83. The summed E-state index contributed by atoms with van der Waals surface area (Å²) in [5.74, 6) is 0. The number of hydrogen-bond acceptors (Lipinski definition) is 3. The summed E-state index contributed by atoms with van der Waals surface area (Å²) >= 11 is 1.78. The Morgan fingerprint density at radius 2 is 1.94 bits per heavy atom. The number of thiophene rings is 1. The number of ether oxygens (including phenoxy) is 1. The number of aliphatic hydroxyl groups is 1. The zero-order valence-electron chi connectivity index (χ0n) is 10.3. The molecule has 0 amide bonds. The molecule has 0 atom stereocenters. The van der Waals surface area contributed by atoms with Crippen molar-refractivity contribution in [3.8, 4) is 0 Å². The average molecular weight is 262 g/mol. The van der Waals surface area contributed by atoms with Crippen LogP contribution in [0.1, 0.15) is 31.2 Å². The van der Waals surface area contributed by atoms with E-state index in [1.54, 1.807) is 11.3 Å². The Morgan fingerprint density at radius 1 is 1.17 bits per heavy atom. The molecule has 1 aliphatic carbocycles. The highest BCUT2D eigenvalue weighted by atomic mass is 32.1. The van der Waals surface area contributed by atoms with Gasteiger partial charge in [0.2, 0.25) is 0 Å². The maximum absolute atomic E-state index is 9.47. The van der Waals surface area contributed by atoms with Crippen molar-refractivity contribution in [2.24, 2.45) is 0 Å². The molecule has 0 radical (unpaired) electrons. The van der Waals surface area contributed by atoms with Crippen LogP contribution >= 0.6 is 11.3 Å². The first kappa shape index (κ1) is 12.2. The zero-order chi connectivity index (χ0) is 12.4. The van der Waals surface area contributed by atoms with Crippen LogP contribution in [0.5, 0.6) is 0 Å². The standard InChI is InChI=1S/C15H18O2S/c16-12-5-7-13(8-6-12)17-9-11-10-18-15-4-2-1-3-14(11)15/h1-4,10,12-13,16H,5-9H2. The van der Waals surface area contributed by atoms with Crippen molar-refractivity contribution < 1.29 is 9.84 Å². The first-order valence-electron chi connectivity index (χ1n) is 6.57. The van der Waals surface area contributed by atoms with Gasteiger partial charge in [-0.1, -0.05) is 18.2 Å². The number of fused-ring (bicyclic) bond motifs is 1. The molecule has 1 N–H and O–H groups in total. The van der Waals surface area contributed by atoms with E-state index in [2.05, 4.69) is 29.6 Å². The molecule has 0 aliphatic heterocycles. The summed E-state index contributed by atoms with van der Waals surface area (Å²) in [5.41, 5.74) is 1.29. The molecule has 3 rings (SSSR count). The van der Waals surface area contributed by atoms with E-state index in [1.165, 1.54) is 15.6 Å². The minimum atomic E-state index is -0.105. The summed E-state index contributed by atoms with van der Waals surface area (Å²) in [5, 5.41) is 13.0. The van der Waals surface area contributed by atoms with Crippen molar-refractivity contribution in [2.75, 3.05) is 0 Å². The van der Waals surface area contributed by atoms with E-state index >= 15 is 0 Å². The van der Waals surface area contributed by atoms with Crippen LogP contribution in [-0.4, -0.2) is 17.3 Å². The Labute approximate surface area is 111 Å². The van der Waals surface area contributed by atoms with E-state index in [0.717, 1.165) is 25.7 Å². The molecule has 1 aromatic carbocycles. The molecule has 1 aromatic heterocycles. The normalized spacial score (nSPS) is 24.5. The van der Waals surface area contributed by atoms with Crippen molar-refractivity contribution in [3.63, 3.8) is 0 Å². The molecular weight excluding hydrogens is 244 g/mol. The Kier molecular flexibility index (Phi) is 3.64. The van der Waals surface area contributed by atoms with Crippen LogP contribution in [-0.2, 0) is 11.3 Å². The number of benzene rings is 1. The third kappa shape index (κ3) is 2.58. The van der Waals surface area contributed by atoms with Gasteiger partial charge in [-0.2, -0.15) is 0 Å². The Balaban J connectivity index is 1.63. The highest BCUT2D eigenvalue weighted by Gasteiger charge is 2.20. The highest BCUT2D eigenvalue weighted by molar-refractivity contribution is 7.17. The molecule has 3 heteroatoms. The predicted octanol–water partition coefficient (Wildman–Crippen LogP) is 3.72. The van der Waals surface area contributed by atoms with Gasteiger partial charge in [-0.05, 0) is 48.1 Å². The lowest BCUT2D eigenvalue weighted by Crippen LogP contribution is -2.24. The summed E-state index contributed by atoms with van der Waals surface area (Å²) in [6, 6.07) is 8.47. The SMILES string of the molecule is OC1CCC(OCc2csc3ccccc23)CC1. The first-order valence-corrected chi connectivity index (χ1v) is 7.45. The van der Waals surface area contributed by atoms with Gasteiger partial charge in [-0.15, -0.1) is 11.3 Å². The molecule has 0 saturated heterocycles. The molecule has 1 saturated carbocycles.